The highest BCUT2D eigenvalue weighted by atomic mass is 16.2. The highest BCUT2D eigenvalue weighted by Gasteiger charge is 2.34. The largest absolute Gasteiger partial charge is 0.368 e. The number of amides is 2. The van der Waals surface area contributed by atoms with Gasteiger partial charge < -0.3 is 11.1 Å². The first-order valence-corrected chi connectivity index (χ1v) is 8.05. The molecule has 1 aliphatic rings. The summed E-state index contributed by atoms with van der Waals surface area (Å²) in [5.74, 6) is -0.837. The maximum Gasteiger partial charge on any atom is 0.271 e. The zero-order valence-corrected chi connectivity index (χ0v) is 14.2. The molecule has 25 heavy (non-hydrogen) atoms. The molecule has 128 valence electrons. The third kappa shape index (κ3) is 3.68. The fraction of sp³-hybridized carbons (Fsp3) is 0.211. The Hall–Kier alpha value is -3.15. The topological polar surface area (TPSA) is 87.8 Å². The second kappa shape index (κ2) is 6.76. The van der Waals surface area contributed by atoms with E-state index in [0.29, 0.717) is 5.69 Å². The normalized spacial score (nSPS) is 16.5. The summed E-state index contributed by atoms with van der Waals surface area (Å²) in [6.07, 6.45) is 0.181. The Morgan fingerprint density at radius 1 is 1.12 bits per heavy atom. The first kappa shape index (κ1) is 16.7. The van der Waals surface area contributed by atoms with Crippen molar-refractivity contribution in [2.45, 2.75) is 26.3 Å². The molecule has 0 bridgehead atoms. The minimum absolute atomic E-state index is 0.181. The Bertz CT molecular complexity index is 826. The van der Waals surface area contributed by atoms with Gasteiger partial charge in [0.25, 0.3) is 5.91 Å². The van der Waals surface area contributed by atoms with Crippen molar-refractivity contribution in [3.05, 3.63) is 59.7 Å². The Balaban J connectivity index is 1.83. The third-order valence-electron chi connectivity index (χ3n) is 4.00. The van der Waals surface area contributed by atoms with Crippen LogP contribution in [0.2, 0.25) is 0 Å². The summed E-state index contributed by atoms with van der Waals surface area (Å²) in [5.41, 5.74) is 9.33. The molecule has 1 unspecified atom stereocenters. The predicted molar refractivity (Wildman–Crippen MR) is 98.5 cm³/mol. The molecule has 0 aliphatic carbocycles. The van der Waals surface area contributed by atoms with Crippen molar-refractivity contribution in [1.29, 1.82) is 0 Å². The average molecular weight is 336 g/mol. The number of primary amides is 1. The van der Waals surface area contributed by atoms with Gasteiger partial charge in [0.1, 0.15) is 11.8 Å². The van der Waals surface area contributed by atoms with Crippen molar-refractivity contribution in [2.75, 3.05) is 10.3 Å². The predicted octanol–water partition coefficient (Wildman–Crippen LogP) is 2.36. The van der Waals surface area contributed by atoms with Crippen molar-refractivity contribution >= 4 is 28.9 Å². The van der Waals surface area contributed by atoms with Crippen LogP contribution >= 0.6 is 0 Å². The molecule has 0 saturated carbocycles. The van der Waals surface area contributed by atoms with E-state index >= 15 is 0 Å². The van der Waals surface area contributed by atoms with Gasteiger partial charge in [-0.3, -0.25) is 14.6 Å². The highest BCUT2D eigenvalue weighted by Crippen LogP contribution is 2.25. The molecular formula is C19H20N4O2. The number of nitrogens with two attached hydrogens (primary N) is 1. The molecule has 1 heterocycles. The molecule has 0 spiro atoms. The molecule has 1 aliphatic heterocycles. The van der Waals surface area contributed by atoms with E-state index in [9.17, 15) is 9.59 Å². The summed E-state index contributed by atoms with van der Waals surface area (Å²) in [6.45, 7) is 3.94. The number of nitrogens with zero attached hydrogens (tertiary/aromatic N) is 2. The van der Waals surface area contributed by atoms with E-state index in [1.54, 1.807) is 0 Å². The molecule has 1 atom stereocenters. The van der Waals surface area contributed by atoms with Gasteiger partial charge in [-0.05, 0) is 49.2 Å². The Kier molecular flexibility index (Phi) is 4.52. The van der Waals surface area contributed by atoms with E-state index in [-0.39, 0.29) is 18.0 Å². The van der Waals surface area contributed by atoms with Crippen LogP contribution in [0.3, 0.4) is 0 Å². The second-order valence-corrected chi connectivity index (χ2v) is 6.18. The lowest BCUT2D eigenvalue weighted by molar-refractivity contribution is -0.119. The second-order valence-electron chi connectivity index (χ2n) is 6.18. The molecule has 6 heteroatoms. The average Bonchev–Trinajstić information content (AvgIpc) is 3.00. The summed E-state index contributed by atoms with van der Waals surface area (Å²) >= 11 is 0. The van der Waals surface area contributed by atoms with E-state index in [2.05, 4.69) is 10.4 Å². The highest BCUT2D eigenvalue weighted by molar-refractivity contribution is 6.44. The number of nitrogens with one attached hydrogen (secondary N) is 1. The summed E-state index contributed by atoms with van der Waals surface area (Å²) in [5, 5.41) is 8.70. The number of carbonyl (C=O) groups is 2. The molecule has 2 amide bonds. The van der Waals surface area contributed by atoms with Crippen LogP contribution < -0.4 is 16.1 Å². The van der Waals surface area contributed by atoms with E-state index in [1.807, 2.05) is 62.4 Å². The lowest BCUT2D eigenvalue weighted by atomic mass is 10.1. The number of anilines is 2. The van der Waals surface area contributed by atoms with Crippen LogP contribution in [-0.2, 0) is 9.59 Å². The van der Waals surface area contributed by atoms with Crippen LogP contribution in [-0.4, -0.2) is 23.6 Å². The van der Waals surface area contributed by atoms with Gasteiger partial charge in [-0.25, -0.2) is 0 Å². The molecular weight excluding hydrogens is 316 g/mol. The standard InChI is InChI=1S/C19H20N4O2/c1-12-8-13(2)10-14(9-12)21-19(25)16-11-17(18(20)24)23(22-16)15-6-4-3-5-7-15/h3-10,17H,11H2,1-2H3,(H2,20,24)(H,21,25). The zero-order chi connectivity index (χ0) is 18.0. The maximum atomic E-state index is 12.6. The molecule has 3 N–H and O–H groups in total. The lowest BCUT2D eigenvalue weighted by Crippen LogP contribution is -2.39. The number of hydrogen-bond acceptors (Lipinski definition) is 4. The number of aryl methyl sites for hydroxylation is 2. The van der Waals surface area contributed by atoms with Gasteiger partial charge in [-0.2, -0.15) is 5.10 Å². The lowest BCUT2D eigenvalue weighted by Gasteiger charge is -2.20. The fourth-order valence-electron chi connectivity index (χ4n) is 2.94. The first-order valence-electron chi connectivity index (χ1n) is 8.05. The van der Waals surface area contributed by atoms with Crippen molar-refractivity contribution in [2.24, 2.45) is 10.8 Å². The van der Waals surface area contributed by atoms with Gasteiger partial charge in [0.15, 0.2) is 0 Å². The van der Waals surface area contributed by atoms with Crippen molar-refractivity contribution in [1.82, 2.24) is 0 Å². The number of benzene rings is 2. The molecule has 0 radical (unpaired) electrons. The van der Waals surface area contributed by atoms with Crippen LogP contribution in [0.4, 0.5) is 11.4 Å². The molecule has 0 fully saturated rings. The van der Waals surface area contributed by atoms with Gasteiger partial charge in [0.2, 0.25) is 5.91 Å². The molecule has 3 rings (SSSR count). The minimum atomic E-state index is -0.664. The Morgan fingerprint density at radius 3 is 2.36 bits per heavy atom. The van der Waals surface area contributed by atoms with Gasteiger partial charge in [0.05, 0.1) is 5.69 Å². The van der Waals surface area contributed by atoms with Crippen molar-refractivity contribution < 1.29 is 9.59 Å². The SMILES string of the molecule is Cc1cc(C)cc(NC(=O)C2=NN(c3ccccc3)C(C(N)=O)C2)c1. The molecule has 0 saturated heterocycles. The van der Waals surface area contributed by atoms with Gasteiger partial charge in [-0.1, -0.05) is 24.3 Å². The van der Waals surface area contributed by atoms with Gasteiger partial charge >= 0.3 is 0 Å². The van der Waals surface area contributed by atoms with E-state index in [1.165, 1.54) is 5.01 Å². The number of carbonyl (C=O) groups excluding carboxylic acids is 2. The van der Waals surface area contributed by atoms with Crippen LogP contribution in [0, 0.1) is 13.8 Å². The fourth-order valence-corrected chi connectivity index (χ4v) is 2.94. The number of para-hydroxylation sites is 1. The summed E-state index contributed by atoms with van der Waals surface area (Å²) in [7, 11) is 0. The van der Waals surface area contributed by atoms with Crippen LogP contribution in [0.15, 0.2) is 53.6 Å². The summed E-state index contributed by atoms with van der Waals surface area (Å²) in [6, 6.07) is 14.4. The van der Waals surface area contributed by atoms with Gasteiger partial charge in [-0.15, -0.1) is 0 Å². The Morgan fingerprint density at radius 2 is 1.76 bits per heavy atom. The first-order chi connectivity index (χ1) is 11.9. The number of hydrogen-bond donors (Lipinski definition) is 2. The smallest absolute Gasteiger partial charge is 0.271 e. The quantitative estimate of drug-likeness (QED) is 0.898. The van der Waals surface area contributed by atoms with Gasteiger partial charge in [0, 0.05) is 12.1 Å². The minimum Gasteiger partial charge on any atom is -0.368 e. The van der Waals surface area contributed by atoms with E-state index < -0.39 is 11.9 Å². The Labute approximate surface area is 146 Å². The van der Waals surface area contributed by atoms with E-state index in [0.717, 1.165) is 16.8 Å². The summed E-state index contributed by atoms with van der Waals surface area (Å²) in [4.78, 5) is 24.3. The zero-order valence-electron chi connectivity index (χ0n) is 14.2. The van der Waals surface area contributed by atoms with Crippen molar-refractivity contribution in [3.8, 4) is 0 Å². The number of rotatable bonds is 4. The molecule has 0 aromatic heterocycles. The maximum absolute atomic E-state index is 12.6. The van der Waals surface area contributed by atoms with Crippen LogP contribution in [0.1, 0.15) is 17.5 Å². The van der Waals surface area contributed by atoms with Crippen LogP contribution in [0.5, 0.6) is 0 Å². The van der Waals surface area contributed by atoms with E-state index in [4.69, 9.17) is 5.73 Å². The van der Waals surface area contributed by atoms with Crippen LogP contribution in [0.25, 0.3) is 0 Å². The third-order valence-corrected chi connectivity index (χ3v) is 4.00. The molecule has 6 nitrogen and oxygen atoms in total. The number of hydrazone groups is 1. The monoisotopic (exact) mass is 336 g/mol. The van der Waals surface area contributed by atoms with Crippen molar-refractivity contribution in [3.63, 3.8) is 0 Å². The summed E-state index contributed by atoms with van der Waals surface area (Å²) < 4.78 is 0. The molecule has 2 aromatic carbocycles. The molecule has 2 aromatic rings.